The second kappa shape index (κ2) is 10.3. The fraction of sp³-hybridized carbons (Fsp3) is 0.304. The molecule has 0 amide bonds. The zero-order valence-corrected chi connectivity index (χ0v) is 17.4. The van der Waals surface area contributed by atoms with E-state index in [0.29, 0.717) is 6.54 Å². The molecule has 0 aliphatic carbocycles. The molecular weight excluding hydrogens is 362 g/mol. The molecule has 0 aliphatic heterocycles. The van der Waals surface area contributed by atoms with Crippen molar-refractivity contribution in [3.63, 3.8) is 0 Å². The number of aryl methyl sites for hydroxylation is 1. The largest absolute Gasteiger partial charge is 0.496 e. The van der Waals surface area contributed by atoms with Crippen molar-refractivity contribution >= 4 is 5.96 Å². The highest BCUT2D eigenvalue weighted by Crippen LogP contribution is 2.19. The maximum absolute atomic E-state index is 5.40. The first-order valence-electron chi connectivity index (χ1n) is 9.81. The standard InChI is InChI=1S/C23H29N5O/c1-18-9-10-19(15-21(18)29-3)11-12-26-23(24-2)27-16-22-25-13-14-28(22)17-20-7-5-4-6-8-20/h4-10,13-15H,11-12,16-17H2,1-3H3,(H2,24,26,27). The van der Waals surface area contributed by atoms with Gasteiger partial charge in [-0.05, 0) is 36.1 Å². The Bertz CT molecular complexity index is 933. The normalized spacial score (nSPS) is 11.3. The molecule has 0 saturated heterocycles. The maximum Gasteiger partial charge on any atom is 0.191 e. The van der Waals surface area contributed by atoms with Crippen LogP contribution in [0.3, 0.4) is 0 Å². The molecule has 0 atom stereocenters. The monoisotopic (exact) mass is 391 g/mol. The molecule has 29 heavy (non-hydrogen) atoms. The molecule has 2 N–H and O–H groups in total. The van der Waals surface area contributed by atoms with Crippen LogP contribution in [-0.2, 0) is 19.5 Å². The number of methoxy groups -OCH3 is 1. The number of benzene rings is 2. The molecule has 0 spiro atoms. The predicted octanol–water partition coefficient (Wildman–Crippen LogP) is 3.16. The lowest BCUT2D eigenvalue weighted by Gasteiger charge is -2.13. The van der Waals surface area contributed by atoms with Crippen molar-refractivity contribution in [3.8, 4) is 5.75 Å². The Morgan fingerprint density at radius 3 is 2.69 bits per heavy atom. The number of ether oxygens (including phenoxy) is 1. The van der Waals surface area contributed by atoms with E-state index in [0.717, 1.165) is 42.6 Å². The minimum Gasteiger partial charge on any atom is -0.496 e. The van der Waals surface area contributed by atoms with Crippen molar-refractivity contribution in [1.29, 1.82) is 0 Å². The van der Waals surface area contributed by atoms with Gasteiger partial charge in [0.15, 0.2) is 5.96 Å². The molecule has 2 aromatic carbocycles. The number of hydrogen-bond donors (Lipinski definition) is 2. The third kappa shape index (κ3) is 5.85. The van der Waals surface area contributed by atoms with Crippen molar-refractivity contribution in [2.75, 3.05) is 20.7 Å². The number of guanidine groups is 1. The van der Waals surface area contributed by atoms with Gasteiger partial charge in [-0.15, -0.1) is 0 Å². The molecule has 0 aliphatic rings. The molecule has 0 radical (unpaired) electrons. The Hall–Kier alpha value is -3.28. The van der Waals surface area contributed by atoms with Crippen LogP contribution in [0, 0.1) is 6.92 Å². The van der Waals surface area contributed by atoms with Crippen LogP contribution in [0.4, 0.5) is 0 Å². The van der Waals surface area contributed by atoms with E-state index in [4.69, 9.17) is 4.74 Å². The summed E-state index contributed by atoms with van der Waals surface area (Å²) < 4.78 is 7.55. The lowest BCUT2D eigenvalue weighted by atomic mass is 10.1. The summed E-state index contributed by atoms with van der Waals surface area (Å²) in [5, 5.41) is 6.71. The number of aromatic nitrogens is 2. The average Bonchev–Trinajstić information content (AvgIpc) is 3.19. The van der Waals surface area contributed by atoms with E-state index in [2.05, 4.69) is 67.6 Å². The van der Waals surface area contributed by atoms with Crippen LogP contribution in [0.25, 0.3) is 0 Å². The van der Waals surface area contributed by atoms with Crippen molar-refractivity contribution < 1.29 is 4.74 Å². The Kier molecular flexibility index (Phi) is 7.28. The molecule has 1 aromatic heterocycles. The fourth-order valence-corrected chi connectivity index (χ4v) is 3.16. The molecule has 6 nitrogen and oxygen atoms in total. The number of hydrogen-bond acceptors (Lipinski definition) is 3. The van der Waals surface area contributed by atoms with E-state index < -0.39 is 0 Å². The van der Waals surface area contributed by atoms with Gasteiger partial charge in [0.2, 0.25) is 0 Å². The highest BCUT2D eigenvalue weighted by molar-refractivity contribution is 5.79. The van der Waals surface area contributed by atoms with Gasteiger partial charge in [0.25, 0.3) is 0 Å². The summed E-state index contributed by atoms with van der Waals surface area (Å²) in [7, 11) is 3.48. The molecular formula is C23H29N5O. The number of imidazole rings is 1. The molecule has 0 fully saturated rings. The molecule has 0 saturated carbocycles. The zero-order valence-electron chi connectivity index (χ0n) is 17.4. The summed E-state index contributed by atoms with van der Waals surface area (Å²) in [6.45, 7) is 4.25. The Balaban J connectivity index is 1.49. The van der Waals surface area contributed by atoms with Crippen LogP contribution in [0.1, 0.15) is 22.5 Å². The van der Waals surface area contributed by atoms with Crippen LogP contribution < -0.4 is 15.4 Å². The van der Waals surface area contributed by atoms with Gasteiger partial charge in [0.05, 0.1) is 13.7 Å². The molecule has 0 unspecified atom stereocenters. The smallest absolute Gasteiger partial charge is 0.191 e. The number of nitrogens with one attached hydrogen (secondary N) is 2. The molecule has 3 rings (SSSR count). The van der Waals surface area contributed by atoms with Crippen molar-refractivity contribution in [3.05, 3.63) is 83.4 Å². The average molecular weight is 392 g/mol. The minimum atomic E-state index is 0.609. The number of aliphatic imine (C=N–C) groups is 1. The molecule has 3 aromatic rings. The van der Waals surface area contributed by atoms with Crippen molar-refractivity contribution in [1.82, 2.24) is 20.2 Å². The van der Waals surface area contributed by atoms with Crippen molar-refractivity contribution in [2.45, 2.75) is 26.4 Å². The molecule has 1 heterocycles. The molecule has 0 bridgehead atoms. The van der Waals surface area contributed by atoms with Crippen LogP contribution in [0.15, 0.2) is 65.9 Å². The predicted molar refractivity (Wildman–Crippen MR) is 117 cm³/mol. The Morgan fingerprint density at radius 2 is 1.93 bits per heavy atom. The van der Waals surface area contributed by atoms with Gasteiger partial charge in [0, 0.05) is 32.5 Å². The third-order valence-electron chi connectivity index (χ3n) is 4.81. The second-order valence-electron chi connectivity index (χ2n) is 6.86. The minimum absolute atomic E-state index is 0.609. The topological polar surface area (TPSA) is 63.5 Å². The Labute approximate surface area is 172 Å². The first kappa shape index (κ1) is 20.5. The summed E-state index contributed by atoms with van der Waals surface area (Å²) in [5.74, 6) is 2.66. The summed E-state index contributed by atoms with van der Waals surface area (Å²) in [6.07, 6.45) is 4.73. The molecule has 6 heteroatoms. The third-order valence-corrected chi connectivity index (χ3v) is 4.81. The van der Waals surface area contributed by atoms with Gasteiger partial charge < -0.3 is 19.9 Å². The number of nitrogens with zero attached hydrogens (tertiary/aromatic N) is 3. The van der Waals surface area contributed by atoms with Crippen molar-refractivity contribution in [2.24, 2.45) is 4.99 Å². The lowest BCUT2D eigenvalue weighted by molar-refractivity contribution is 0.411. The van der Waals surface area contributed by atoms with Crippen LogP contribution in [0.5, 0.6) is 5.75 Å². The number of rotatable bonds is 8. The fourth-order valence-electron chi connectivity index (χ4n) is 3.16. The van der Waals surface area contributed by atoms with Gasteiger partial charge in [0.1, 0.15) is 11.6 Å². The van der Waals surface area contributed by atoms with E-state index in [9.17, 15) is 0 Å². The van der Waals surface area contributed by atoms with E-state index >= 15 is 0 Å². The van der Waals surface area contributed by atoms with Crippen LogP contribution in [0.2, 0.25) is 0 Å². The second-order valence-corrected chi connectivity index (χ2v) is 6.86. The Morgan fingerprint density at radius 1 is 1.10 bits per heavy atom. The van der Waals surface area contributed by atoms with E-state index in [1.54, 1.807) is 14.2 Å². The SMILES string of the molecule is CN=C(NCCc1ccc(C)c(OC)c1)NCc1nccn1Cc1ccccc1. The zero-order chi connectivity index (χ0) is 20.5. The summed E-state index contributed by atoms with van der Waals surface area (Å²) in [5.41, 5.74) is 3.63. The van der Waals surface area contributed by atoms with Crippen LogP contribution in [-0.4, -0.2) is 36.2 Å². The summed E-state index contributed by atoms with van der Waals surface area (Å²) in [6, 6.07) is 16.7. The summed E-state index contributed by atoms with van der Waals surface area (Å²) >= 11 is 0. The van der Waals surface area contributed by atoms with Gasteiger partial charge in [-0.25, -0.2) is 4.98 Å². The lowest BCUT2D eigenvalue weighted by Crippen LogP contribution is -2.38. The van der Waals surface area contributed by atoms with E-state index in [-0.39, 0.29) is 0 Å². The van der Waals surface area contributed by atoms with Gasteiger partial charge in [-0.2, -0.15) is 0 Å². The first-order chi connectivity index (χ1) is 14.2. The highest BCUT2D eigenvalue weighted by Gasteiger charge is 2.06. The quantitative estimate of drug-likeness (QED) is 0.457. The van der Waals surface area contributed by atoms with Gasteiger partial charge >= 0.3 is 0 Å². The first-order valence-corrected chi connectivity index (χ1v) is 9.81. The molecule has 152 valence electrons. The van der Waals surface area contributed by atoms with Gasteiger partial charge in [-0.3, -0.25) is 4.99 Å². The van der Waals surface area contributed by atoms with Crippen LogP contribution >= 0.6 is 0 Å². The van der Waals surface area contributed by atoms with E-state index in [1.807, 2.05) is 25.4 Å². The summed E-state index contributed by atoms with van der Waals surface area (Å²) in [4.78, 5) is 8.79. The van der Waals surface area contributed by atoms with E-state index in [1.165, 1.54) is 11.1 Å². The van der Waals surface area contributed by atoms with Gasteiger partial charge in [-0.1, -0.05) is 42.5 Å². The highest BCUT2D eigenvalue weighted by atomic mass is 16.5. The maximum atomic E-state index is 5.40.